The summed E-state index contributed by atoms with van der Waals surface area (Å²) >= 11 is 0. The largest absolute Gasteiger partial charge is 0.437 e. The monoisotopic (exact) mass is 890 g/mol. The average Bonchev–Trinajstić information content (AvgIpc) is 4.10. The third kappa shape index (κ3) is 7.07. The van der Waals surface area contributed by atoms with Gasteiger partial charge in [0.1, 0.15) is 67.8 Å². The zero-order valence-corrected chi connectivity index (χ0v) is 34.8. The van der Waals surface area contributed by atoms with Crippen LogP contribution in [0.15, 0.2) is 146 Å². The van der Waals surface area contributed by atoms with Crippen LogP contribution < -0.4 is 18.9 Å². The molecule has 8 bridgehead atoms. The van der Waals surface area contributed by atoms with Gasteiger partial charge in [-0.25, -0.2) is 69.8 Å². The number of hydrogen-bond donors (Lipinski definition) is 2. The highest BCUT2D eigenvalue weighted by atomic mass is 16.5. The number of nitrogens with one attached hydrogen (secondary N) is 2. The van der Waals surface area contributed by atoms with Crippen molar-refractivity contribution in [3.63, 3.8) is 0 Å². The van der Waals surface area contributed by atoms with Crippen molar-refractivity contribution in [1.82, 2.24) is 79.7 Å². The molecule has 20 heteroatoms. The molecule has 0 aliphatic carbocycles. The second-order valence-electron chi connectivity index (χ2n) is 14.9. The van der Waals surface area contributed by atoms with Crippen molar-refractivity contribution >= 4 is 44.7 Å². The fraction of sp³-hybridized carbons (Fsp3) is 0. The molecule has 0 unspecified atom stereocenters. The topological polar surface area (TPSA) is 249 Å². The molecule has 0 amide bonds. The van der Waals surface area contributed by atoms with Gasteiger partial charge in [0.25, 0.3) is 0 Å². The molecule has 0 saturated heterocycles. The SMILES string of the molecule is c1ccc(Oc2cnc3c(n2)-c2nc-3nc3[nH]c(nc4nc(nc5[nH]c(n2)c2ncc(Oc6ccccc6)nc52)-c2ncc(Oc5ccccc5)nc2-4)c2ncc(Oc4ccccc4)nc32)cc1. The lowest BCUT2D eigenvalue weighted by atomic mass is 10.3. The second kappa shape index (κ2) is 15.8. The van der Waals surface area contributed by atoms with Gasteiger partial charge in [0.15, 0.2) is 45.9 Å². The number of rotatable bonds is 8. The summed E-state index contributed by atoms with van der Waals surface area (Å²) in [6.45, 7) is 0. The van der Waals surface area contributed by atoms with E-state index in [1.807, 2.05) is 121 Å². The molecule has 0 spiro atoms. The Morgan fingerprint density at radius 1 is 0.265 bits per heavy atom. The summed E-state index contributed by atoms with van der Waals surface area (Å²) in [4.78, 5) is 74.8. The van der Waals surface area contributed by atoms with Crippen LogP contribution in [0.25, 0.3) is 90.7 Å². The number of aromatic amines is 2. The maximum atomic E-state index is 6.11. The van der Waals surface area contributed by atoms with E-state index in [1.54, 1.807) is 0 Å². The van der Waals surface area contributed by atoms with Gasteiger partial charge < -0.3 is 28.9 Å². The molecule has 2 aliphatic heterocycles. The summed E-state index contributed by atoms with van der Waals surface area (Å²) in [5.41, 5.74) is 3.34. The van der Waals surface area contributed by atoms with Gasteiger partial charge >= 0.3 is 0 Å². The Kier molecular flexibility index (Phi) is 8.87. The standard InChI is InChI=1S/C48H26N16O4/c1-5-13-25(14-6-1)65-29-21-49-33-37(53-29)45-57-41(33)62-46-39-35(51-23-31(55-39)67-27-17-9-3-10-18-27)43(59-46)64-48-40-36(52-24-32(56-40)68-28-19-11-4-12-20-28)44(60-48)63-47-38-34(42(58-47)61-45)50-22-30(54-38)66-26-15-7-2-8-16-26/h1-24H,(H2,57,58,59,60,61,62,63,64). The second-order valence-corrected chi connectivity index (χ2v) is 14.9. The van der Waals surface area contributed by atoms with Gasteiger partial charge in [-0.1, -0.05) is 72.8 Å². The lowest BCUT2D eigenvalue weighted by Gasteiger charge is -2.05. The molecule has 20 nitrogen and oxygen atoms in total. The Morgan fingerprint density at radius 2 is 0.559 bits per heavy atom. The summed E-state index contributed by atoms with van der Waals surface area (Å²) in [5.74, 6) is 3.60. The molecule has 9 heterocycles. The number of ether oxygens (including phenoxy) is 4. The van der Waals surface area contributed by atoms with Crippen LogP contribution >= 0.6 is 0 Å². The number of aromatic nitrogens is 16. The summed E-state index contributed by atoms with van der Waals surface area (Å²) in [6, 6.07) is 36.9. The van der Waals surface area contributed by atoms with Gasteiger partial charge in [0.2, 0.25) is 23.5 Å². The maximum Gasteiger partial charge on any atom is 0.238 e. The van der Waals surface area contributed by atoms with Crippen molar-refractivity contribution in [2.45, 2.75) is 0 Å². The minimum absolute atomic E-state index is 0.133. The molecule has 322 valence electrons. The molecule has 0 saturated carbocycles. The van der Waals surface area contributed by atoms with Gasteiger partial charge in [0, 0.05) is 0 Å². The first-order valence-electron chi connectivity index (χ1n) is 20.8. The fourth-order valence-corrected chi connectivity index (χ4v) is 7.37. The smallest absolute Gasteiger partial charge is 0.238 e. The van der Waals surface area contributed by atoms with E-state index in [2.05, 4.69) is 9.97 Å². The molecule has 13 rings (SSSR count). The number of fused-ring (bicyclic) bond motifs is 20. The molecule has 0 fully saturated rings. The quantitative estimate of drug-likeness (QED) is 0.144. The van der Waals surface area contributed by atoms with Crippen molar-refractivity contribution in [1.29, 1.82) is 0 Å². The van der Waals surface area contributed by atoms with Crippen molar-refractivity contribution in [2.75, 3.05) is 0 Å². The van der Waals surface area contributed by atoms with E-state index in [0.717, 1.165) is 0 Å². The summed E-state index contributed by atoms with van der Waals surface area (Å²) < 4.78 is 24.4. The van der Waals surface area contributed by atoms with E-state index in [4.69, 9.17) is 88.7 Å². The molecule has 11 aromatic rings. The van der Waals surface area contributed by atoms with Crippen LogP contribution in [0, 0.1) is 0 Å². The Bertz CT molecular complexity index is 3680. The van der Waals surface area contributed by atoms with Gasteiger partial charge in [-0.2, -0.15) is 0 Å². The first-order chi connectivity index (χ1) is 33.6. The van der Waals surface area contributed by atoms with Crippen molar-refractivity contribution in [2.24, 2.45) is 0 Å². The predicted molar refractivity (Wildman–Crippen MR) is 244 cm³/mol. The first kappa shape index (κ1) is 38.2. The van der Waals surface area contributed by atoms with Crippen LogP contribution in [0.2, 0.25) is 0 Å². The summed E-state index contributed by atoms with van der Waals surface area (Å²) in [6.07, 6.45) is 5.97. The van der Waals surface area contributed by atoms with Gasteiger partial charge in [0.05, 0.1) is 24.8 Å². The minimum Gasteiger partial charge on any atom is -0.437 e. The molecule has 2 N–H and O–H groups in total. The Labute approximate surface area is 381 Å². The lowest BCUT2D eigenvalue weighted by Crippen LogP contribution is -1.94. The lowest BCUT2D eigenvalue weighted by molar-refractivity contribution is 0.461. The fourth-order valence-electron chi connectivity index (χ4n) is 7.37. The zero-order valence-electron chi connectivity index (χ0n) is 34.8. The normalized spacial score (nSPS) is 11.5. The molecule has 0 radical (unpaired) electrons. The van der Waals surface area contributed by atoms with Crippen LogP contribution in [0.3, 0.4) is 0 Å². The minimum atomic E-state index is 0.133. The molecule has 0 atom stereocenters. The number of H-pyrrole nitrogens is 2. The van der Waals surface area contributed by atoms with E-state index in [9.17, 15) is 0 Å². The first-order valence-corrected chi connectivity index (χ1v) is 20.8. The van der Waals surface area contributed by atoms with Crippen LogP contribution in [-0.4, -0.2) is 79.7 Å². The molecule has 68 heavy (non-hydrogen) atoms. The molecule has 7 aromatic heterocycles. The zero-order chi connectivity index (χ0) is 45.0. The highest BCUT2D eigenvalue weighted by molar-refractivity contribution is 6.01. The molecular weight excluding hydrogens is 865 g/mol. The van der Waals surface area contributed by atoms with E-state index in [-0.39, 0.29) is 80.8 Å². The number of hydrogen-bond acceptors (Lipinski definition) is 18. The highest BCUT2D eigenvalue weighted by Gasteiger charge is 2.28. The van der Waals surface area contributed by atoms with Crippen molar-refractivity contribution < 1.29 is 18.9 Å². The Morgan fingerprint density at radius 3 is 0.912 bits per heavy atom. The van der Waals surface area contributed by atoms with Crippen LogP contribution in [0.4, 0.5) is 0 Å². The van der Waals surface area contributed by atoms with Crippen LogP contribution in [-0.2, 0) is 0 Å². The number of para-hydroxylation sites is 4. The average molecular weight is 891 g/mol. The van der Waals surface area contributed by atoms with E-state index in [0.29, 0.717) is 56.5 Å². The van der Waals surface area contributed by atoms with Gasteiger partial charge in [-0.05, 0) is 48.5 Å². The predicted octanol–water partition coefficient (Wildman–Crippen LogP) is 9.20. The van der Waals surface area contributed by atoms with Gasteiger partial charge in [-0.15, -0.1) is 0 Å². The number of nitrogens with zero attached hydrogens (tertiary/aromatic N) is 14. The maximum absolute atomic E-state index is 6.11. The highest BCUT2D eigenvalue weighted by Crippen LogP contribution is 2.37. The third-order valence-corrected chi connectivity index (χ3v) is 10.4. The van der Waals surface area contributed by atoms with Crippen LogP contribution in [0.5, 0.6) is 46.5 Å². The van der Waals surface area contributed by atoms with Crippen molar-refractivity contribution in [3.05, 3.63) is 146 Å². The summed E-state index contributed by atoms with van der Waals surface area (Å²) in [5, 5.41) is 0. The Hall–Kier alpha value is -10.2. The van der Waals surface area contributed by atoms with Crippen molar-refractivity contribution in [3.8, 4) is 92.6 Å². The Balaban J connectivity index is 1.08. The molecule has 4 aromatic carbocycles. The van der Waals surface area contributed by atoms with Crippen LogP contribution in [0.1, 0.15) is 0 Å². The van der Waals surface area contributed by atoms with E-state index in [1.165, 1.54) is 24.8 Å². The summed E-state index contributed by atoms with van der Waals surface area (Å²) in [7, 11) is 0. The van der Waals surface area contributed by atoms with E-state index >= 15 is 0 Å². The molecule has 2 aliphatic rings. The van der Waals surface area contributed by atoms with E-state index < -0.39 is 0 Å². The molecular formula is C48H26N16O4. The third-order valence-electron chi connectivity index (χ3n) is 10.4. The number of benzene rings is 4. The van der Waals surface area contributed by atoms with Gasteiger partial charge in [-0.3, -0.25) is 0 Å².